The van der Waals surface area contributed by atoms with Gasteiger partial charge in [-0.25, -0.2) is 0 Å². The Morgan fingerprint density at radius 3 is 3.06 bits per heavy atom. The first kappa shape index (κ1) is 13.8. The van der Waals surface area contributed by atoms with Gasteiger partial charge in [0.15, 0.2) is 0 Å². The Hall–Kier alpha value is -0.610. The molecule has 0 aliphatic carbocycles. The highest BCUT2D eigenvalue weighted by Crippen LogP contribution is 2.32. The third-order valence-electron chi connectivity index (χ3n) is 3.36. The maximum absolute atomic E-state index is 8.67. The summed E-state index contributed by atoms with van der Waals surface area (Å²) in [5, 5.41) is 9.47. The lowest BCUT2D eigenvalue weighted by molar-refractivity contribution is 0.0709. The van der Waals surface area contributed by atoms with Crippen molar-refractivity contribution in [3.05, 3.63) is 34.9 Å². The molecule has 2 rings (SSSR count). The van der Waals surface area contributed by atoms with Crippen molar-refractivity contribution in [1.29, 1.82) is 0 Å². The molecule has 0 unspecified atom stereocenters. The second-order valence-electron chi connectivity index (χ2n) is 4.58. The lowest BCUT2D eigenvalue weighted by Crippen LogP contribution is -2.27. The zero-order valence-electron chi connectivity index (χ0n) is 10.5. The summed E-state index contributed by atoms with van der Waals surface area (Å²) in [6.45, 7) is 3.22. The molecule has 1 saturated heterocycles. The summed E-state index contributed by atoms with van der Waals surface area (Å²) < 4.78 is 5.33. The Balaban J connectivity index is 1.91. The summed E-state index contributed by atoms with van der Waals surface area (Å²) in [6, 6.07) is 8.58. The summed E-state index contributed by atoms with van der Waals surface area (Å²) in [7, 11) is 0. The highest BCUT2D eigenvalue weighted by molar-refractivity contribution is 6.30. The predicted octanol–water partition coefficient (Wildman–Crippen LogP) is 2.49. The second kappa shape index (κ2) is 7.10. The van der Waals surface area contributed by atoms with E-state index in [2.05, 4.69) is 17.0 Å². The predicted molar refractivity (Wildman–Crippen MR) is 72.9 cm³/mol. The molecule has 4 heteroatoms. The van der Waals surface area contributed by atoms with E-state index in [0.29, 0.717) is 19.3 Å². The maximum Gasteiger partial charge on any atom is 0.0698 e. The summed E-state index contributed by atoms with van der Waals surface area (Å²) >= 11 is 6.05. The van der Waals surface area contributed by atoms with Crippen LogP contribution in [0.15, 0.2) is 24.3 Å². The van der Waals surface area contributed by atoms with Crippen molar-refractivity contribution in [1.82, 2.24) is 4.90 Å². The van der Waals surface area contributed by atoms with Crippen molar-refractivity contribution in [2.24, 2.45) is 0 Å². The Labute approximate surface area is 113 Å². The van der Waals surface area contributed by atoms with Gasteiger partial charge in [-0.05, 0) is 37.1 Å². The molecule has 1 N–H and O–H groups in total. The molecule has 1 aromatic carbocycles. The number of aliphatic hydroxyl groups is 1. The van der Waals surface area contributed by atoms with Crippen LogP contribution in [0, 0.1) is 0 Å². The Bertz CT molecular complexity index is 373. The van der Waals surface area contributed by atoms with E-state index in [4.69, 9.17) is 21.4 Å². The van der Waals surface area contributed by atoms with Crippen LogP contribution in [0.5, 0.6) is 0 Å². The van der Waals surface area contributed by atoms with Crippen molar-refractivity contribution in [3.8, 4) is 0 Å². The van der Waals surface area contributed by atoms with Crippen LogP contribution in [0.1, 0.15) is 24.4 Å². The molecule has 18 heavy (non-hydrogen) atoms. The lowest BCUT2D eigenvalue weighted by atomic mass is 10.0. The number of rotatable bonds is 6. The normalized spacial score (nSPS) is 20.4. The minimum atomic E-state index is 0.0950. The van der Waals surface area contributed by atoms with Crippen molar-refractivity contribution in [3.63, 3.8) is 0 Å². The topological polar surface area (TPSA) is 32.7 Å². The molecule has 0 bridgehead atoms. The first-order valence-electron chi connectivity index (χ1n) is 6.49. The van der Waals surface area contributed by atoms with Crippen molar-refractivity contribution in [2.75, 3.05) is 32.9 Å². The summed E-state index contributed by atoms with van der Waals surface area (Å²) in [6.07, 6.45) is 2.40. The zero-order valence-corrected chi connectivity index (χ0v) is 11.3. The monoisotopic (exact) mass is 269 g/mol. The number of hydrogen-bond acceptors (Lipinski definition) is 3. The molecular weight excluding hydrogens is 250 g/mol. The zero-order chi connectivity index (χ0) is 12.8. The molecule has 0 saturated carbocycles. The molecule has 0 aromatic heterocycles. The lowest BCUT2D eigenvalue weighted by Gasteiger charge is -2.24. The Morgan fingerprint density at radius 2 is 2.28 bits per heavy atom. The molecule has 3 nitrogen and oxygen atoms in total. The minimum Gasteiger partial charge on any atom is -0.394 e. The number of halogens is 1. The number of aliphatic hydroxyl groups excluding tert-OH is 1. The van der Waals surface area contributed by atoms with Crippen LogP contribution < -0.4 is 0 Å². The van der Waals surface area contributed by atoms with Gasteiger partial charge in [0.2, 0.25) is 0 Å². The number of likely N-dealkylation sites (tertiary alicyclic amines) is 1. The summed E-state index contributed by atoms with van der Waals surface area (Å²) in [5.74, 6) is 0. The highest BCUT2D eigenvalue weighted by atomic mass is 35.5. The summed E-state index contributed by atoms with van der Waals surface area (Å²) in [4.78, 5) is 2.43. The van der Waals surface area contributed by atoms with Crippen LogP contribution in [-0.4, -0.2) is 42.9 Å². The van der Waals surface area contributed by atoms with Crippen molar-refractivity contribution in [2.45, 2.75) is 18.9 Å². The number of nitrogens with zero attached hydrogens (tertiary/aromatic N) is 1. The smallest absolute Gasteiger partial charge is 0.0698 e. The largest absolute Gasteiger partial charge is 0.394 e. The van der Waals surface area contributed by atoms with Gasteiger partial charge in [0.1, 0.15) is 0 Å². The fourth-order valence-corrected chi connectivity index (χ4v) is 2.73. The summed E-state index contributed by atoms with van der Waals surface area (Å²) in [5.41, 5.74) is 1.29. The number of benzene rings is 1. The molecule has 0 amide bonds. The molecule has 1 aromatic rings. The van der Waals surface area contributed by atoms with Gasteiger partial charge < -0.3 is 9.84 Å². The average molecular weight is 270 g/mol. The van der Waals surface area contributed by atoms with Gasteiger partial charge in [-0.2, -0.15) is 0 Å². The molecular formula is C14H20ClNO2. The van der Waals surface area contributed by atoms with E-state index < -0.39 is 0 Å². The van der Waals surface area contributed by atoms with E-state index in [1.54, 1.807) is 0 Å². The highest BCUT2D eigenvalue weighted by Gasteiger charge is 2.25. The standard InChI is InChI=1S/C14H20ClNO2/c15-13-4-1-3-12(11-13)14-5-2-6-16(14)7-9-18-10-8-17/h1,3-4,11,14,17H,2,5-10H2/t14-/m0/s1. The van der Waals surface area contributed by atoms with Crippen molar-refractivity contribution < 1.29 is 9.84 Å². The third-order valence-corrected chi connectivity index (χ3v) is 3.59. The third kappa shape index (κ3) is 3.69. The Morgan fingerprint density at radius 1 is 1.39 bits per heavy atom. The van der Waals surface area contributed by atoms with E-state index in [1.165, 1.54) is 18.4 Å². The maximum atomic E-state index is 8.67. The van der Waals surface area contributed by atoms with Crippen LogP contribution in [-0.2, 0) is 4.74 Å². The van der Waals surface area contributed by atoms with Gasteiger partial charge >= 0.3 is 0 Å². The van der Waals surface area contributed by atoms with Crippen LogP contribution in [0.3, 0.4) is 0 Å². The van der Waals surface area contributed by atoms with Crippen molar-refractivity contribution >= 4 is 11.6 Å². The van der Waals surface area contributed by atoms with E-state index in [0.717, 1.165) is 18.1 Å². The van der Waals surface area contributed by atoms with Crippen LogP contribution in [0.25, 0.3) is 0 Å². The molecule has 1 aliphatic heterocycles. The number of hydrogen-bond donors (Lipinski definition) is 1. The average Bonchev–Trinajstić information content (AvgIpc) is 2.83. The van der Waals surface area contributed by atoms with Gasteiger partial charge in [-0.1, -0.05) is 23.7 Å². The fraction of sp³-hybridized carbons (Fsp3) is 0.571. The molecule has 1 atom stereocenters. The Kier molecular flexibility index (Phi) is 5.45. The first-order valence-corrected chi connectivity index (χ1v) is 6.87. The number of ether oxygens (including phenoxy) is 1. The van der Waals surface area contributed by atoms with Gasteiger partial charge in [0.05, 0.1) is 19.8 Å². The van der Waals surface area contributed by atoms with Crippen LogP contribution in [0.4, 0.5) is 0 Å². The molecule has 0 radical (unpaired) electrons. The quantitative estimate of drug-likeness (QED) is 0.806. The van der Waals surface area contributed by atoms with Gasteiger partial charge in [0, 0.05) is 17.6 Å². The minimum absolute atomic E-state index is 0.0950. The molecule has 0 spiro atoms. The molecule has 1 aliphatic rings. The van der Waals surface area contributed by atoms with Crippen LogP contribution >= 0.6 is 11.6 Å². The van der Waals surface area contributed by atoms with Crippen LogP contribution in [0.2, 0.25) is 5.02 Å². The van der Waals surface area contributed by atoms with Gasteiger partial charge in [-0.15, -0.1) is 0 Å². The van der Waals surface area contributed by atoms with E-state index in [1.807, 2.05) is 12.1 Å². The first-order chi connectivity index (χ1) is 8.81. The second-order valence-corrected chi connectivity index (χ2v) is 5.02. The SMILES string of the molecule is OCCOCCN1CCC[C@H]1c1cccc(Cl)c1. The molecule has 1 heterocycles. The van der Waals surface area contributed by atoms with Gasteiger partial charge in [-0.3, -0.25) is 4.90 Å². The fourth-order valence-electron chi connectivity index (χ4n) is 2.53. The molecule has 100 valence electrons. The van der Waals surface area contributed by atoms with E-state index >= 15 is 0 Å². The van der Waals surface area contributed by atoms with E-state index in [-0.39, 0.29) is 6.61 Å². The molecule has 1 fully saturated rings. The van der Waals surface area contributed by atoms with Gasteiger partial charge in [0.25, 0.3) is 0 Å². The van der Waals surface area contributed by atoms with E-state index in [9.17, 15) is 0 Å².